The molecular weight excluding hydrogens is 192 g/mol. The van der Waals surface area contributed by atoms with E-state index in [1.807, 2.05) is 18.7 Å². The minimum Gasteiger partial charge on any atom is -0.393 e. The first-order valence-corrected chi connectivity index (χ1v) is 5.82. The Labute approximate surface area is 91.6 Å². The third kappa shape index (κ3) is 4.18. The second-order valence-electron chi connectivity index (χ2n) is 4.27. The van der Waals surface area contributed by atoms with Crippen LogP contribution >= 0.6 is 0 Å². The molecule has 1 aliphatic rings. The molecule has 1 saturated heterocycles. The second kappa shape index (κ2) is 6.08. The molecule has 1 rings (SSSR count). The maximum Gasteiger partial charge on any atom is 0.224 e. The molecule has 4 nitrogen and oxygen atoms in total. The highest BCUT2D eigenvalue weighted by Crippen LogP contribution is 2.11. The number of nitrogens with zero attached hydrogens (tertiary/aromatic N) is 1. The molecule has 0 radical (unpaired) electrons. The zero-order valence-corrected chi connectivity index (χ0v) is 9.70. The van der Waals surface area contributed by atoms with Crippen LogP contribution in [0.4, 0.5) is 0 Å². The first kappa shape index (κ1) is 12.5. The van der Waals surface area contributed by atoms with E-state index in [1.165, 1.54) is 0 Å². The fourth-order valence-electron chi connectivity index (χ4n) is 1.93. The third-order valence-corrected chi connectivity index (χ3v) is 2.85. The molecule has 0 spiro atoms. The molecule has 2 N–H and O–H groups in total. The summed E-state index contributed by atoms with van der Waals surface area (Å²) in [5.41, 5.74) is 0. The summed E-state index contributed by atoms with van der Waals surface area (Å²) < 4.78 is 0. The Hall–Kier alpha value is -0.610. The average Bonchev–Trinajstić information content (AvgIpc) is 2.18. The minimum absolute atomic E-state index is 0.204. The van der Waals surface area contributed by atoms with Crippen molar-refractivity contribution in [1.82, 2.24) is 10.2 Å². The number of nitrogens with one attached hydrogen (secondary N) is 1. The van der Waals surface area contributed by atoms with Gasteiger partial charge >= 0.3 is 0 Å². The lowest BCUT2D eigenvalue weighted by molar-refractivity contribution is -0.133. The van der Waals surface area contributed by atoms with Gasteiger partial charge in [-0.25, -0.2) is 0 Å². The van der Waals surface area contributed by atoms with Crippen molar-refractivity contribution in [1.29, 1.82) is 0 Å². The SMILES string of the molecule is CCNC(C)CC(=O)N1CCC(O)CC1. The number of amides is 1. The molecule has 0 aromatic rings. The highest BCUT2D eigenvalue weighted by Gasteiger charge is 2.21. The van der Waals surface area contributed by atoms with Crippen molar-refractivity contribution in [3.8, 4) is 0 Å². The highest BCUT2D eigenvalue weighted by molar-refractivity contribution is 5.76. The van der Waals surface area contributed by atoms with E-state index in [-0.39, 0.29) is 18.1 Å². The van der Waals surface area contributed by atoms with Crippen molar-refractivity contribution < 1.29 is 9.90 Å². The fourth-order valence-corrected chi connectivity index (χ4v) is 1.93. The van der Waals surface area contributed by atoms with Crippen LogP contribution in [0.25, 0.3) is 0 Å². The lowest BCUT2D eigenvalue weighted by Crippen LogP contribution is -2.42. The smallest absolute Gasteiger partial charge is 0.224 e. The summed E-state index contributed by atoms with van der Waals surface area (Å²) in [6, 6.07) is 0.245. The molecule has 0 bridgehead atoms. The van der Waals surface area contributed by atoms with Crippen molar-refractivity contribution in [2.24, 2.45) is 0 Å². The van der Waals surface area contributed by atoms with Crippen molar-refractivity contribution in [2.75, 3.05) is 19.6 Å². The molecule has 1 heterocycles. The molecular formula is C11H22N2O2. The molecule has 0 aromatic heterocycles. The summed E-state index contributed by atoms with van der Waals surface area (Å²) in [6.07, 6.45) is 1.80. The summed E-state index contributed by atoms with van der Waals surface area (Å²) in [6.45, 7) is 6.38. The predicted molar refractivity (Wildman–Crippen MR) is 59.6 cm³/mol. The van der Waals surface area contributed by atoms with E-state index < -0.39 is 0 Å². The van der Waals surface area contributed by atoms with Crippen molar-refractivity contribution in [3.63, 3.8) is 0 Å². The number of likely N-dealkylation sites (tertiary alicyclic amines) is 1. The monoisotopic (exact) mass is 214 g/mol. The van der Waals surface area contributed by atoms with E-state index in [2.05, 4.69) is 5.32 Å². The number of carbonyl (C=O) groups excluding carboxylic acids is 1. The van der Waals surface area contributed by atoms with Crippen LogP contribution in [-0.2, 0) is 4.79 Å². The number of aliphatic hydroxyl groups is 1. The summed E-state index contributed by atoms with van der Waals surface area (Å²) in [5, 5.41) is 12.6. The van der Waals surface area contributed by atoms with Crippen LogP contribution in [0.5, 0.6) is 0 Å². The summed E-state index contributed by atoms with van der Waals surface area (Å²) >= 11 is 0. The van der Waals surface area contributed by atoms with Gasteiger partial charge in [0.2, 0.25) is 5.91 Å². The van der Waals surface area contributed by atoms with Gasteiger partial charge in [0.05, 0.1) is 6.10 Å². The Morgan fingerprint density at radius 3 is 2.67 bits per heavy atom. The third-order valence-electron chi connectivity index (χ3n) is 2.85. The Morgan fingerprint density at radius 1 is 1.53 bits per heavy atom. The van der Waals surface area contributed by atoms with Gasteiger partial charge < -0.3 is 15.3 Å². The molecule has 88 valence electrons. The van der Waals surface area contributed by atoms with Crippen molar-refractivity contribution in [3.05, 3.63) is 0 Å². The maximum absolute atomic E-state index is 11.8. The van der Waals surface area contributed by atoms with Gasteiger partial charge in [-0.2, -0.15) is 0 Å². The molecule has 0 aliphatic carbocycles. The Morgan fingerprint density at radius 2 is 2.13 bits per heavy atom. The van der Waals surface area contributed by atoms with Crippen LogP contribution in [0.3, 0.4) is 0 Å². The topological polar surface area (TPSA) is 52.6 Å². The van der Waals surface area contributed by atoms with Gasteiger partial charge in [-0.05, 0) is 26.3 Å². The average molecular weight is 214 g/mol. The number of hydrogen-bond donors (Lipinski definition) is 2. The molecule has 0 saturated carbocycles. The van der Waals surface area contributed by atoms with Gasteiger partial charge in [-0.1, -0.05) is 6.92 Å². The number of rotatable bonds is 4. The van der Waals surface area contributed by atoms with E-state index in [0.29, 0.717) is 19.5 Å². The molecule has 15 heavy (non-hydrogen) atoms. The molecule has 1 aliphatic heterocycles. The van der Waals surface area contributed by atoms with Crippen LogP contribution in [-0.4, -0.2) is 47.7 Å². The van der Waals surface area contributed by atoms with Gasteiger partial charge in [0.25, 0.3) is 0 Å². The summed E-state index contributed by atoms with van der Waals surface area (Å²) in [4.78, 5) is 13.7. The van der Waals surface area contributed by atoms with E-state index in [4.69, 9.17) is 0 Å². The predicted octanol–water partition coefficient (Wildman–Crippen LogP) is 0.358. The van der Waals surface area contributed by atoms with E-state index in [0.717, 1.165) is 19.4 Å². The van der Waals surface area contributed by atoms with E-state index >= 15 is 0 Å². The van der Waals surface area contributed by atoms with Crippen LogP contribution in [0.2, 0.25) is 0 Å². The second-order valence-corrected chi connectivity index (χ2v) is 4.27. The van der Waals surface area contributed by atoms with Gasteiger partial charge in [0.1, 0.15) is 0 Å². The molecule has 4 heteroatoms. The first-order chi connectivity index (χ1) is 7.13. The van der Waals surface area contributed by atoms with Gasteiger partial charge in [-0.3, -0.25) is 4.79 Å². The Balaban J connectivity index is 2.27. The maximum atomic E-state index is 11.8. The molecule has 1 unspecified atom stereocenters. The number of piperidine rings is 1. The Kier molecular flexibility index (Phi) is 5.05. The standard InChI is InChI=1S/C11H22N2O2/c1-3-12-9(2)8-11(15)13-6-4-10(14)5-7-13/h9-10,12,14H,3-8H2,1-2H3. The molecule has 1 amide bonds. The molecule has 0 aromatic carbocycles. The minimum atomic E-state index is -0.208. The molecule has 1 fully saturated rings. The van der Waals surface area contributed by atoms with E-state index in [9.17, 15) is 9.90 Å². The van der Waals surface area contributed by atoms with Crippen molar-refractivity contribution in [2.45, 2.75) is 45.3 Å². The fraction of sp³-hybridized carbons (Fsp3) is 0.909. The van der Waals surface area contributed by atoms with Crippen LogP contribution < -0.4 is 5.32 Å². The van der Waals surface area contributed by atoms with E-state index in [1.54, 1.807) is 0 Å². The zero-order chi connectivity index (χ0) is 11.3. The highest BCUT2D eigenvalue weighted by atomic mass is 16.3. The van der Waals surface area contributed by atoms with Gasteiger partial charge in [-0.15, -0.1) is 0 Å². The number of carbonyl (C=O) groups is 1. The van der Waals surface area contributed by atoms with Crippen molar-refractivity contribution >= 4 is 5.91 Å². The normalized spacial score (nSPS) is 20.3. The quantitative estimate of drug-likeness (QED) is 0.710. The van der Waals surface area contributed by atoms with Crippen LogP contribution in [0.15, 0.2) is 0 Å². The first-order valence-electron chi connectivity index (χ1n) is 5.82. The molecule has 1 atom stereocenters. The summed E-state index contributed by atoms with van der Waals surface area (Å²) in [7, 11) is 0. The number of hydrogen-bond acceptors (Lipinski definition) is 3. The summed E-state index contributed by atoms with van der Waals surface area (Å²) in [5.74, 6) is 0.204. The van der Waals surface area contributed by atoms with Crippen LogP contribution in [0, 0.1) is 0 Å². The van der Waals surface area contributed by atoms with Crippen LogP contribution in [0.1, 0.15) is 33.1 Å². The largest absolute Gasteiger partial charge is 0.393 e. The lowest BCUT2D eigenvalue weighted by atomic mass is 10.1. The van der Waals surface area contributed by atoms with Gasteiger partial charge in [0, 0.05) is 25.6 Å². The number of aliphatic hydroxyl groups excluding tert-OH is 1. The van der Waals surface area contributed by atoms with Gasteiger partial charge in [0.15, 0.2) is 0 Å². The lowest BCUT2D eigenvalue weighted by Gasteiger charge is -2.30. The Bertz CT molecular complexity index is 201. The zero-order valence-electron chi connectivity index (χ0n) is 9.70.